The zero-order valence-electron chi connectivity index (χ0n) is 10.4. The van der Waals surface area contributed by atoms with Gasteiger partial charge in [-0.05, 0) is 29.5 Å². The molecule has 3 nitrogen and oxygen atoms in total. The number of hydrogen-bond acceptors (Lipinski definition) is 5. The summed E-state index contributed by atoms with van der Waals surface area (Å²) in [5.41, 5.74) is 0. The van der Waals surface area contributed by atoms with E-state index in [1.807, 2.05) is 18.8 Å². The quantitative estimate of drug-likeness (QED) is 0.659. The van der Waals surface area contributed by atoms with Crippen LogP contribution in [-0.4, -0.2) is 22.8 Å². The third kappa shape index (κ3) is 3.10. The largest absolute Gasteiger partial charge is 0.357 e. The number of thiophene rings is 1. The Balaban J connectivity index is 2.21. The van der Waals surface area contributed by atoms with Gasteiger partial charge in [-0.1, -0.05) is 13.8 Å². The van der Waals surface area contributed by atoms with Gasteiger partial charge in [-0.2, -0.15) is 0 Å². The molecule has 0 aliphatic heterocycles. The molecule has 0 aliphatic carbocycles. The second-order valence-electron chi connectivity index (χ2n) is 4.27. The molecular formula is C12H17N3S2. The average molecular weight is 267 g/mol. The lowest BCUT2D eigenvalue weighted by atomic mass is 10.2. The first kappa shape index (κ1) is 12.6. The van der Waals surface area contributed by atoms with Crippen LogP contribution in [0.5, 0.6) is 0 Å². The summed E-state index contributed by atoms with van der Waals surface area (Å²) in [5.74, 6) is 2.57. The van der Waals surface area contributed by atoms with Crippen molar-refractivity contribution in [3.05, 3.63) is 11.4 Å². The van der Waals surface area contributed by atoms with Gasteiger partial charge in [-0.3, -0.25) is 0 Å². The zero-order chi connectivity index (χ0) is 12.3. The third-order valence-corrected chi connectivity index (χ3v) is 4.28. The first-order chi connectivity index (χ1) is 8.20. The van der Waals surface area contributed by atoms with Gasteiger partial charge in [0.05, 0.1) is 0 Å². The molecular weight excluding hydrogens is 250 g/mol. The number of fused-ring (bicyclic) bond motifs is 1. The van der Waals surface area contributed by atoms with E-state index >= 15 is 0 Å². The highest BCUT2D eigenvalue weighted by Crippen LogP contribution is 2.30. The molecule has 2 rings (SSSR count). The number of thioether (sulfide) groups is 1. The van der Waals surface area contributed by atoms with Crippen molar-refractivity contribution in [3.63, 3.8) is 0 Å². The fourth-order valence-corrected chi connectivity index (χ4v) is 3.52. The van der Waals surface area contributed by atoms with Crippen LogP contribution >= 0.6 is 23.1 Å². The standard InChI is InChI=1S/C12H17N3S2/c1-8(2)4-6-16-10-9-5-7-17-11(9)15-12(13-3)14-10/h5,7-8H,4,6H2,1-3H3,(H,13,14,15). The van der Waals surface area contributed by atoms with Crippen LogP contribution in [0.4, 0.5) is 5.95 Å². The first-order valence-corrected chi connectivity index (χ1v) is 7.63. The van der Waals surface area contributed by atoms with Gasteiger partial charge in [-0.15, -0.1) is 23.1 Å². The zero-order valence-corrected chi connectivity index (χ0v) is 12.0. The molecule has 0 bridgehead atoms. The van der Waals surface area contributed by atoms with Gasteiger partial charge in [0.25, 0.3) is 0 Å². The fourth-order valence-electron chi connectivity index (χ4n) is 1.44. The van der Waals surface area contributed by atoms with Crippen LogP contribution in [0.25, 0.3) is 10.2 Å². The second kappa shape index (κ2) is 5.69. The van der Waals surface area contributed by atoms with Crippen LogP contribution in [0.3, 0.4) is 0 Å². The Morgan fingerprint density at radius 1 is 1.41 bits per heavy atom. The predicted molar refractivity (Wildman–Crippen MR) is 77.1 cm³/mol. The topological polar surface area (TPSA) is 37.8 Å². The van der Waals surface area contributed by atoms with E-state index in [4.69, 9.17) is 0 Å². The van der Waals surface area contributed by atoms with E-state index < -0.39 is 0 Å². The van der Waals surface area contributed by atoms with Gasteiger partial charge in [0.2, 0.25) is 5.95 Å². The highest BCUT2D eigenvalue weighted by atomic mass is 32.2. The van der Waals surface area contributed by atoms with Crippen LogP contribution in [0, 0.1) is 5.92 Å². The highest BCUT2D eigenvalue weighted by Gasteiger charge is 2.08. The molecule has 0 aliphatic rings. The summed E-state index contributed by atoms with van der Waals surface area (Å²) in [4.78, 5) is 10.0. The Kier molecular flexibility index (Phi) is 4.23. The molecule has 0 spiro atoms. The smallest absolute Gasteiger partial charge is 0.224 e. The first-order valence-electron chi connectivity index (χ1n) is 5.76. The van der Waals surface area contributed by atoms with Crippen LogP contribution in [0.15, 0.2) is 16.5 Å². The van der Waals surface area contributed by atoms with Crippen molar-refractivity contribution in [2.45, 2.75) is 25.3 Å². The molecule has 0 aromatic carbocycles. The molecule has 5 heteroatoms. The van der Waals surface area contributed by atoms with Crippen LogP contribution < -0.4 is 5.32 Å². The minimum absolute atomic E-state index is 0.715. The summed E-state index contributed by atoms with van der Waals surface area (Å²) in [6, 6.07) is 2.11. The number of hydrogen-bond donors (Lipinski definition) is 1. The molecule has 0 fully saturated rings. The summed E-state index contributed by atoms with van der Waals surface area (Å²) in [6.45, 7) is 4.50. The predicted octanol–water partition coefficient (Wildman–Crippen LogP) is 3.87. The molecule has 1 N–H and O–H groups in total. The van der Waals surface area contributed by atoms with Gasteiger partial charge >= 0.3 is 0 Å². The molecule has 2 aromatic rings. The van der Waals surface area contributed by atoms with E-state index in [2.05, 4.69) is 40.6 Å². The lowest BCUT2D eigenvalue weighted by molar-refractivity contribution is 0.632. The normalized spacial score (nSPS) is 11.3. The lowest BCUT2D eigenvalue weighted by Gasteiger charge is -2.06. The lowest BCUT2D eigenvalue weighted by Crippen LogP contribution is -1.98. The maximum absolute atomic E-state index is 4.54. The van der Waals surface area contributed by atoms with Crippen molar-refractivity contribution in [2.75, 3.05) is 18.1 Å². The Hall–Kier alpha value is -0.810. The van der Waals surface area contributed by atoms with Gasteiger partial charge in [0.15, 0.2) is 0 Å². The van der Waals surface area contributed by atoms with Gasteiger partial charge in [-0.25, -0.2) is 9.97 Å². The fraction of sp³-hybridized carbons (Fsp3) is 0.500. The van der Waals surface area contributed by atoms with Crippen molar-refractivity contribution in [1.29, 1.82) is 0 Å². The van der Waals surface area contributed by atoms with Crippen LogP contribution in [0.1, 0.15) is 20.3 Å². The molecule has 0 radical (unpaired) electrons. The van der Waals surface area contributed by atoms with Crippen molar-refractivity contribution in [3.8, 4) is 0 Å². The van der Waals surface area contributed by atoms with Crippen molar-refractivity contribution < 1.29 is 0 Å². The van der Waals surface area contributed by atoms with Crippen molar-refractivity contribution in [1.82, 2.24) is 9.97 Å². The third-order valence-electron chi connectivity index (χ3n) is 2.45. The molecule has 2 heterocycles. The molecule has 2 aromatic heterocycles. The van der Waals surface area contributed by atoms with E-state index in [1.54, 1.807) is 11.3 Å². The van der Waals surface area contributed by atoms with Crippen LogP contribution in [0.2, 0.25) is 0 Å². The SMILES string of the molecule is CNc1nc(SCCC(C)C)c2ccsc2n1. The van der Waals surface area contributed by atoms with E-state index in [0.29, 0.717) is 5.95 Å². The molecule has 92 valence electrons. The monoisotopic (exact) mass is 267 g/mol. The number of aromatic nitrogens is 2. The summed E-state index contributed by atoms with van der Waals surface area (Å²) in [5, 5.41) is 7.38. The van der Waals surface area contributed by atoms with Gasteiger partial charge in [0.1, 0.15) is 9.86 Å². The molecule has 17 heavy (non-hydrogen) atoms. The number of anilines is 1. The maximum atomic E-state index is 4.54. The Bertz CT molecular complexity index is 493. The molecule has 0 unspecified atom stereocenters. The minimum atomic E-state index is 0.715. The van der Waals surface area contributed by atoms with E-state index in [0.717, 1.165) is 21.5 Å². The average Bonchev–Trinajstić information content (AvgIpc) is 2.76. The molecule has 0 saturated carbocycles. The van der Waals surface area contributed by atoms with E-state index in [-0.39, 0.29) is 0 Å². The van der Waals surface area contributed by atoms with Gasteiger partial charge in [0, 0.05) is 12.4 Å². The Morgan fingerprint density at radius 2 is 2.24 bits per heavy atom. The van der Waals surface area contributed by atoms with E-state index in [9.17, 15) is 0 Å². The molecule has 0 atom stereocenters. The van der Waals surface area contributed by atoms with Crippen molar-refractivity contribution in [2.24, 2.45) is 5.92 Å². The van der Waals surface area contributed by atoms with E-state index in [1.165, 1.54) is 11.8 Å². The summed E-state index contributed by atoms with van der Waals surface area (Å²) < 4.78 is 0. The maximum Gasteiger partial charge on any atom is 0.224 e. The Labute approximate surface area is 110 Å². The second-order valence-corrected chi connectivity index (χ2v) is 6.25. The summed E-state index contributed by atoms with van der Waals surface area (Å²) >= 11 is 3.49. The Morgan fingerprint density at radius 3 is 2.94 bits per heavy atom. The highest BCUT2D eigenvalue weighted by molar-refractivity contribution is 7.99. The minimum Gasteiger partial charge on any atom is -0.357 e. The summed E-state index contributed by atoms with van der Waals surface area (Å²) in [7, 11) is 1.86. The summed E-state index contributed by atoms with van der Waals surface area (Å²) in [6.07, 6.45) is 1.22. The van der Waals surface area contributed by atoms with Crippen LogP contribution in [-0.2, 0) is 0 Å². The number of rotatable bonds is 5. The molecule has 0 saturated heterocycles. The molecule has 0 amide bonds. The number of nitrogens with one attached hydrogen (secondary N) is 1. The van der Waals surface area contributed by atoms with Crippen molar-refractivity contribution >= 4 is 39.3 Å². The van der Waals surface area contributed by atoms with Gasteiger partial charge < -0.3 is 5.32 Å². The number of nitrogens with zero attached hydrogens (tertiary/aromatic N) is 2.